The van der Waals surface area contributed by atoms with Crippen LogP contribution < -0.4 is 0 Å². The van der Waals surface area contributed by atoms with Crippen molar-refractivity contribution in [1.29, 1.82) is 0 Å². The second-order valence-corrected chi connectivity index (χ2v) is 5.78. The third-order valence-corrected chi connectivity index (χ3v) is 3.69. The van der Waals surface area contributed by atoms with Crippen molar-refractivity contribution in [2.45, 2.75) is 33.6 Å². The molecule has 2 aromatic heterocycles. The number of rotatable bonds is 2. The van der Waals surface area contributed by atoms with Crippen LogP contribution in [0.3, 0.4) is 0 Å². The van der Waals surface area contributed by atoms with E-state index in [0.717, 1.165) is 28.0 Å². The number of benzene rings is 1. The molecule has 3 rings (SSSR count). The van der Waals surface area contributed by atoms with Crippen molar-refractivity contribution in [2.75, 3.05) is 0 Å². The summed E-state index contributed by atoms with van der Waals surface area (Å²) in [4.78, 5) is 13.4. The molecule has 2 heterocycles. The third kappa shape index (κ3) is 2.51. The Kier molecular flexibility index (Phi) is 3.42. The molecule has 0 amide bonds. The monoisotopic (exact) mass is 277 g/mol. The molecule has 0 aliphatic rings. The molecule has 3 aromatic rings. The molecule has 0 radical (unpaired) electrons. The summed E-state index contributed by atoms with van der Waals surface area (Å²) in [6.07, 6.45) is 5.76. The summed E-state index contributed by atoms with van der Waals surface area (Å²) < 4.78 is 0. The van der Waals surface area contributed by atoms with Crippen molar-refractivity contribution in [3.63, 3.8) is 0 Å². The molecule has 1 aromatic carbocycles. The summed E-state index contributed by atoms with van der Waals surface area (Å²) >= 11 is 0. The minimum absolute atomic E-state index is 0.354. The maximum absolute atomic E-state index is 4.69. The molecule has 3 nitrogen and oxygen atoms in total. The van der Waals surface area contributed by atoms with E-state index in [1.165, 1.54) is 10.9 Å². The molecule has 0 aliphatic heterocycles. The molecule has 0 bridgehead atoms. The Morgan fingerprint density at radius 2 is 1.62 bits per heavy atom. The van der Waals surface area contributed by atoms with Crippen LogP contribution in [0, 0.1) is 13.8 Å². The van der Waals surface area contributed by atoms with Gasteiger partial charge in [-0.1, -0.05) is 31.5 Å². The van der Waals surface area contributed by atoms with E-state index in [0.29, 0.717) is 5.92 Å². The maximum Gasteiger partial charge on any atom is 0.125 e. The SMILES string of the molecule is Cc1ccc2c(-c3cnc(C)nc3)c(C(C)C)ncc2c1. The average molecular weight is 277 g/mol. The first-order chi connectivity index (χ1) is 10.1. The summed E-state index contributed by atoms with van der Waals surface area (Å²) in [5, 5.41) is 2.38. The fourth-order valence-electron chi connectivity index (χ4n) is 2.62. The highest BCUT2D eigenvalue weighted by Crippen LogP contribution is 2.34. The zero-order valence-electron chi connectivity index (χ0n) is 12.9. The van der Waals surface area contributed by atoms with Crippen molar-refractivity contribution in [1.82, 2.24) is 15.0 Å². The summed E-state index contributed by atoms with van der Waals surface area (Å²) in [6.45, 7) is 8.34. The van der Waals surface area contributed by atoms with Crippen molar-refractivity contribution in [3.05, 3.63) is 53.9 Å². The molecular formula is C18H19N3. The quantitative estimate of drug-likeness (QED) is 0.695. The van der Waals surface area contributed by atoms with Crippen LogP contribution in [0.4, 0.5) is 0 Å². The van der Waals surface area contributed by atoms with Gasteiger partial charge in [0.05, 0.1) is 5.69 Å². The van der Waals surface area contributed by atoms with Crippen LogP contribution in [0.5, 0.6) is 0 Å². The van der Waals surface area contributed by atoms with Gasteiger partial charge in [-0.05, 0) is 31.2 Å². The molecule has 0 saturated heterocycles. The highest BCUT2D eigenvalue weighted by atomic mass is 14.8. The second-order valence-electron chi connectivity index (χ2n) is 5.78. The Morgan fingerprint density at radius 1 is 0.905 bits per heavy atom. The van der Waals surface area contributed by atoms with Crippen LogP contribution in [0.2, 0.25) is 0 Å². The second kappa shape index (κ2) is 5.24. The van der Waals surface area contributed by atoms with Gasteiger partial charge >= 0.3 is 0 Å². The molecule has 0 N–H and O–H groups in total. The lowest BCUT2D eigenvalue weighted by atomic mass is 9.94. The minimum atomic E-state index is 0.354. The normalized spacial score (nSPS) is 11.3. The molecule has 0 atom stereocenters. The van der Waals surface area contributed by atoms with Gasteiger partial charge in [0.1, 0.15) is 5.82 Å². The number of fused-ring (bicyclic) bond motifs is 1. The zero-order chi connectivity index (χ0) is 15.0. The van der Waals surface area contributed by atoms with Gasteiger partial charge in [-0.2, -0.15) is 0 Å². The summed E-state index contributed by atoms with van der Waals surface area (Å²) in [6, 6.07) is 6.49. The van der Waals surface area contributed by atoms with Gasteiger partial charge in [0.25, 0.3) is 0 Å². The molecule has 0 saturated carbocycles. The predicted octanol–water partition coefficient (Wildman–Crippen LogP) is 4.43. The summed E-state index contributed by atoms with van der Waals surface area (Å²) in [7, 11) is 0. The predicted molar refractivity (Wildman–Crippen MR) is 86.3 cm³/mol. The number of pyridine rings is 1. The van der Waals surface area contributed by atoms with E-state index in [2.05, 4.69) is 48.9 Å². The van der Waals surface area contributed by atoms with Gasteiger partial charge in [0, 0.05) is 35.1 Å². The standard InChI is InChI=1S/C18H19N3/c1-11(2)18-17(15-9-19-13(4)20-10-15)16-6-5-12(3)7-14(16)8-21-18/h5-11H,1-4H3. The van der Waals surface area contributed by atoms with Gasteiger partial charge in [-0.15, -0.1) is 0 Å². The Bertz CT molecular complexity index is 789. The van der Waals surface area contributed by atoms with Gasteiger partial charge in [-0.3, -0.25) is 4.98 Å². The summed E-state index contributed by atoms with van der Waals surface area (Å²) in [5.74, 6) is 1.14. The molecule has 3 heteroatoms. The van der Waals surface area contributed by atoms with Crippen LogP contribution in [0.15, 0.2) is 36.8 Å². The number of aryl methyl sites for hydroxylation is 2. The molecule has 21 heavy (non-hydrogen) atoms. The zero-order valence-corrected chi connectivity index (χ0v) is 12.9. The van der Waals surface area contributed by atoms with Crippen molar-refractivity contribution in [2.24, 2.45) is 0 Å². The number of hydrogen-bond acceptors (Lipinski definition) is 3. The first-order valence-electron chi connectivity index (χ1n) is 7.24. The molecule has 0 spiro atoms. The van der Waals surface area contributed by atoms with E-state index in [1.54, 1.807) is 0 Å². The Labute approximate surface area is 125 Å². The summed E-state index contributed by atoms with van der Waals surface area (Å²) in [5.41, 5.74) is 4.53. The Balaban J connectivity index is 2.35. The number of nitrogens with zero attached hydrogens (tertiary/aromatic N) is 3. The van der Waals surface area contributed by atoms with Crippen LogP contribution in [0.1, 0.15) is 36.8 Å². The largest absolute Gasteiger partial charge is 0.260 e. The Morgan fingerprint density at radius 3 is 2.29 bits per heavy atom. The fraction of sp³-hybridized carbons (Fsp3) is 0.278. The van der Waals surface area contributed by atoms with Gasteiger partial charge < -0.3 is 0 Å². The Hall–Kier alpha value is -2.29. The molecule has 106 valence electrons. The van der Waals surface area contributed by atoms with E-state index < -0.39 is 0 Å². The minimum Gasteiger partial charge on any atom is -0.260 e. The van der Waals surface area contributed by atoms with Crippen LogP contribution in [-0.2, 0) is 0 Å². The smallest absolute Gasteiger partial charge is 0.125 e. The molecule has 0 fully saturated rings. The van der Waals surface area contributed by atoms with E-state index in [1.807, 2.05) is 25.5 Å². The number of aromatic nitrogens is 3. The molecule has 0 aliphatic carbocycles. The first-order valence-corrected chi connectivity index (χ1v) is 7.24. The van der Waals surface area contributed by atoms with Crippen molar-refractivity contribution >= 4 is 10.8 Å². The van der Waals surface area contributed by atoms with E-state index >= 15 is 0 Å². The lowest BCUT2D eigenvalue weighted by Crippen LogP contribution is -1.99. The van der Waals surface area contributed by atoms with Crippen LogP contribution >= 0.6 is 0 Å². The van der Waals surface area contributed by atoms with E-state index in [4.69, 9.17) is 4.98 Å². The van der Waals surface area contributed by atoms with Crippen LogP contribution in [-0.4, -0.2) is 15.0 Å². The van der Waals surface area contributed by atoms with E-state index in [9.17, 15) is 0 Å². The topological polar surface area (TPSA) is 38.7 Å². The van der Waals surface area contributed by atoms with Crippen LogP contribution in [0.25, 0.3) is 21.9 Å². The van der Waals surface area contributed by atoms with Crippen molar-refractivity contribution < 1.29 is 0 Å². The van der Waals surface area contributed by atoms with Gasteiger partial charge in [0.15, 0.2) is 0 Å². The lowest BCUT2D eigenvalue weighted by Gasteiger charge is -2.15. The highest BCUT2D eigenvalue weighted by Gasteiger charge is 2.14. The van der Waals surface area contributed by atoms with Gasteiger partial charge in [0.2, 0.25) is 0 Å². The maximum atomic E-state index is 4.69. The average Bonchev–Trinajstić information content (AvgIpc) is 2.46. The van der Waals surface area contributed by atoms with Crippen molar-refractivity contribution in [3.8, 4) is 11.1 Å². The third-order valence-electron chi connectivity index (χ3n) is 3.69. The van der Waals surface area contributed by atoms with E-state index in [-0.39, 0.29) is 0 Å². The van der Waals surface area contributed by atoms with Gasteiger partial charge in [-0.25, -0.2) is 9.97 Å². The molecular weight excluding hydrogens is 258 g/mol. The highest BCUT2D eigenvalue weighted by molar-refractivity contribution is 5.97. The fourth-order valence-corrected chi connectivity index (χ4v) is 2.62. The molecule has 0 unspecified atom stereocenters. The number of hydrogen-bond donors (Lipinski definition) is 0. The first kappa shape index (κ1) is 13.7. The lowest BCUT2D eigenvalue weighted by molar-refractivity contribution is 0.828.